The number of oxime groups is 1. The average molecular weight is 214 g/mol. The molecule has 1 aromatic carbocycles. The molecule has 0 saturated heterocycles. The zero-order valence-electron chi connectivity index (χ0n) is 9.12. The number of nitrogens with zero attached hydrogens (tertiary/aromatic N) is 2. The number of pyridine rings is 1. The van der Waals surface area contributed by atoms with Crippen molar-refractivity contribution in [1.29, 1.82) is 0 Å². The summed E-state index contributed by atoms with van der Waals surface area (Å²) < 4.78 is 0. The highest BCUT2D eigenvalue weighted by molar-refractivity contribution is 5.98. The predicted molar refractivity (Wildman–Crippen MR) is 64.7 cm³/mol. The molecule has 0 bridgehead atoms. The van der Waals surface area contributed by atoms with Gasteiger partial charge in [-0.05, 0) is 24.6 Å². The van der Waals surface area contributed by atoms with Crippen LogP contribution in [-0.2, 0) is 0 Å². The Morgan fingerprint density at radius 2 is 1.56 bits per heavy atom. The first kappa shape index (κ1) is 11.9. The maximum absolute atomic E-state index is 8.38. The minimum Gasteiger partial charge on any atom is -0.411 e. The minimum atomic E-state index is 0.639. The molecule has 2 aromatic rings. The second kappa shape index (κ2) is 7.17. The Morgan fingerprint density at radius 1 is 1.00 bits per heavy atom. The lowest BCUT2D eigenvalue weighted by atomic mass is 10.1. The first-order valence-corrected chi connectivity index (χ1v) is 4.93. The lowest BCUT2D eigenvalue weighted by molar-refractivity contribution is 0.319. The largest absolute Gasteiger partial charge is 0.411 e. The minimum absolute atomic E-state index is 0.639. The van der Waals surface area contributed by atoms with Crippen LogP contribution >= 0.6 is 0 Å². The Balaban J connectivity index is 0.000000181. The van der Waals surface area contributed by atoms with E-state index in [1.807, 2.05) is 48.5 Å². The lowest BCUT2D eigenvalue weighted by Gasteiger charge is -1.94. The topological polar surface area (TPSA) is 45.5 Å². The average Bonchev–Trinajstić information content (AvgIpc) is 2.41. The van der Waals surface area contributed by atoms with Gasteiger partial charge in [-0.2, -0.15) is 0 Å². The molecule has 0 spiro atoms. The van der Waals surface area contributed by atoms with E-state index in [1.165, 1.54) is 0 Å². The SMILES string of the molecule is CC(=NO)c1ccccc1.c1ccncc1. The van der Waals surface area contributed by atoms with Gasteiger partial charge in [-0.15, -0.1) is 0 Å². The van der Waals surface area contributed by atoms with Crippen LogP contribution in [0.1, 0.15) is 12.5 Å². The molecule has 0 saturated carbocycles. The zero-order valence-corrected chi connectivity index (χ0v) is 9.12. The normalized spacial score (nSPS) is 10.2. The second-order valence-electron chi connectivity index (χ2n) is 3.08. The summed E-state index contributed by atoms with van der Waals surface area (Å²) in [4.78, 5) is 3.78. The van der Waals surface area contributed by atoms with Crippen molar-refractivity contribution in [1.82, 2.24) is 4.98 Å². The molecule has 16 heavy (non-hydrogen) atoms. The third-order valence-electron chi connectivity index (χ3n) is 1.91. The second-order valence-corrected chi connectivity index (χ2v) is 3.08. The number of benzene rings is 1. The van der Waals surface area contributed by atoms with Crippen molar-refractivity contribution in [3.63, 3.8) is 0 Å². The summed E-state index contributed by atoms with van der Waals surface area (Å²) in [5.41, 5.74) is 1.59. The molecule has 1 N–H and O–H groups in total. The molecule has 0 fully saturated rings. The molecule has 0 atom stereocenters. The van der Waals surface area contributed by atoms with Crippen LogP contribution in [0.2, 0.25) is 0 Å². The monoisotopic (exact) mass is 214 g/mol. The fourth-order valence-corrected chi connectivity index (χ4v) is 1.05. The van der Waals surface area contributed by atoms with Gasteiger partial charge in [0.2, 0.25) is 0 Å². The summed E-state index contributed by atoms with van der Waals surface area (Å²) >= 11 is 0. The van der Waals surface area contributed by atoms with Gasteiger partial charge in [0.05, 0.1) is 5.71 Å². The van der Waals surface area contributed by atoms with Crippen molar-refractivity contribution in [2.24, 2.45) is 5.16 Å². The maximum Gasteiger partial charge on any atom is 0.0836 e. The van der Waals surface area contributed by atoms with E-state index in [2.05, 4.69) is 10.1 Å². The summed E-state index contributed by atoms with van der Waals surface area (Å²) in [5.74, 6) is 0. The van der Waals surface area contributed by atoms with Gasteiger partial charge in [0, 0.05) is 12.4 Å². The first-order valence-electron chi connectivity index (χ1n) is 4.93. The van der Waals surface area contributed by atoms with Gasteiger partial charge < -0.3 is 5.21 Å². The fourth-order valence-electron chi connectivity index (χ4n) is 1.05. The lowest BCUT2D eigenvalue weighted by Crippen LogP contribution is -1.92. The van der Waals surface area contributed by atoms with E-state index in [9.17, 15) is 0 Å². The molecule has 1 aromatic heterocycles. The van der Waals surface area contributed by atoms with Crippen molar-refractivity contribution in [2.45, 2.75) is 6.92 Å². The molecule has 0 aliphatic rings. The van der Waals surface area contributed by atoms with Gasteiger partial charge in [-0.1, -0.05) is 41.6 Å². The van der Waals surface area contributed by atoms with E-state index in [0.29, 0.717) is 5.71 Å². The van der Waals surface area contributed by atoms with Crippen LogP contribution in [0.3, 0.4) is 0 Å². The van der Waals surface area contributed by atoms with Gasteiger partial charge in [0.25, 0.3) is 0 Å². The highest BCUT2D eigenvalue weighted by Gasteiger charge is 1.92. The van der Waals surface area contributed by atoms with Crippen molar-refractivity contribution < 1.29 is 5.21 Å². The summed E-state index contributed by atoms with van der Waals surface area (Å²) in [6.07, 6.45) is 3.50. The third kappa shape index (κ3) is 4.37. The van der Waals surface area contributed by atoms with E-state index in [0.717, 1.165) is 5.56 Å². The summed E-state index contributed by atoms with van der Waals surface area (Å²) in [6, 6.07) is 15.2. The summed E-state index contributed by atoms with van der Waals surface area (Å²) in [6.45, 7) is 1.76. The van der Waals surface area contributed by atoms with Crippen molar-refractivity contribution >= 4 is 5.71 Å². The van der Waals surface area contributed by atoms with Gasteiger partial charge in [0.1, 0.15) is 0 Å². The van der Waals surface area contributed by atoms with E-state index in [1.54, 1.807) is 19.3 Å². The molecule has 3 heteroatoms. The first-order chi connectivity index (χ1) is 7.84. The Kier molecular flexibility index (Phi) is 5.34. The van der Waals surface area contributed by atoms with E-state index in [-0.39, 0.29) is 0 Å². The van der Waals surface area contributed by atoms with Crippen LogP contribution in [0.25, 0.3) is 0 Å². The molecule has 0 aliphatic heterocycles. The Hall–Kier alpha value is -2.16. The van der Waals surface area contributed by atoms with Crippen molar-refractivity contribution in [3.8, 4) is 0 Å². The van der Waals surface area contributed by atoms with Gasteiger partial charge >= 0.3 is 0 Å². The molecule has 0 aliphatic carbocycles. The van der Waals surface area contributed by atoms with Gasteiger partial charge in [-0.3, -0.25) is 4.98 Å². The number of hydrogen-bond acceptors (Lipinski definition) is 3. The maximum atomic E-state index is 8.38. The molecule has 82 valence electrons. The van der Waals surface area contributed by atoms with Crippen molar-refractivity contribution in [2.75, 3.05) is 0 Å². The van der Waals surface area contributed by atoms with Crippen LogP contribution in [0, 0.1) is 0 Å². The van der Waals surface area contributed by atoms with Crippen LogP contribution in [0.4, 0.5) is 0 Å². The standard InChI is InChI=1S/C8H9NO.C5H5N/c1-7(9-10)8-5-3-2-4-6-8;1-2-4-6-5-3-1/h2-6,10H,1H3;1-5H. The summed E-state index contributed by atoms with van der Waals surface area (Å²) in [7, 11) is 0. The fraction of sp³-hybridized carbons (Fsp3) is 0.0769. The molecule has 0 radical (unpaired) electrons. The molecule has 0 unspecified atom stereocenters. The van der Waals surface area contributed by atoms with Crippen molar-refractivity contribution in [3.05, 3.63) is 66.5 Å². The van der Waals surface area contributed by atoms with Crippen LogP contribution in [0.15, 0.2) is 66.1 Å². The quantitative estimate of drug-likeness (QED) is 0.450. The number of rotatable bonds is 1. The number of aromatic nitrogens is 1. The smallest absolute Gasteiger partial charge is 0.0836 e. The van der Waals surface area contributed by atoms with Crippen LogP contribution in [-0.4, -0.2) is 15.9 Å². The predicted octanol–water partition coefficient (Wildman–Crippen LogP) is 2.97. The summed E-state index contributed by atoms with van der Waals surface area (Å²) in [5, 5.41) is 11.5. The molecule has 2 rings (SSSR count). The molecular formula is C13H14N2O. The van der Waals surface area contributed by atoms with Crippen LogP contribution < -0.4 is 0 Å². The van der Waals surface area contributed by atoms with E-state index >= 15 is 0 Å². The Bertz CT molecular complexity index is 386. The highest BCUT2D eigenvalue weighted by Crippen LogP contribution is 1.99. The van der Waals surface area contributed by atoms with E-state index in [4.69, 9.17) is 5.21 Å². The molecular weight excluding hydrogens is 200 g/mol. The molecule has 0 amide bonds. The van der Waals surface area contributed by atoms with E-state index < -0.39 is 0 Å². The Morgan fingerprint density at radius 3 is 1.94 bits per heavy atom. The Labute approximate surface area is 95.1 Å². The van der Waals surface area contributed by atoms with Gasteiger partial charge in [-0.25, -0.2) is 0 Å². The molecule has 3 nitrogen and oxygen atoms in total. The third-order valence-corrected chi connectivity index (χ3v) is 1.91. The highest BCUT2D eigenvalue weighted by atomic mass is 16.4. The van der Waals surface area contributed by atoms with Crippen LogP contribution in [0.5, 0.6) is 0 Å². The molecule has 1 heterocycles. The van der Waals surface area contributed by atoms with Gasteiger partial charge in [0.15, 0.2) is 0 Å². The number of hydrogen-bond donors (Lipinski definition) is 1. The zero-order chi connectivity index (χ0) is 11.6.